The number of esters is 1. The number of carbonyl (C=O) groups excluding carboxylic acids is 2. The summed E-state index contributed by atoms with van der Waals surface area (Å²) in [6.45, 7) is 4.64. The highest BCUT2D eigenvalue weighted by Crippen LogP contribution is 2.38. The van der Waals surface area contributed by atoms with Crippen molar-refractivity contribution in [3.05, 3.63) is 65.8 Å². The monoisotopic (exact) mass is 493 g/mol. The Balaban J connectivity index is 1.45. The lowest BCUT2D eigenvalue weighted by molar-refractivity contribution is -0.113. The van der Waals surface area contributed by atoms with E-state index in [1.165, 1.54) is 18.1 Å². The van der Waals surface area contributed by atoms with Gasteiger partial charge in [0.2, 0.25) is 5.91 Å². The number of amides is 1. The van der Waals surface area contributed by atoms with Crippen LogP contribution in [0.15, 0.2) is 65.3 Å². The Morgan fingerprint density at radius 3 is 2.47 bits per heavy atom. The first kappa shape index (κ1) is 23.7. The van der Waals surface area contributed by atoms with E-state index in [4.69, 9.17) is 9.47 Å². The van der Waals surface area contributed by atoms with Gasteiger partial charge in [-0.05, 0) is 55.8 Å². The van der Waals surface area contributed by atoms with Crippen molar-refractivity contribution in [2.75, 3.05) is 24.3 Å². The van der Waals surface area contributed by atoms with Crippen molar-refractivity contribution in [2.45, 2.75) is 18.9 Å². The molecule has 0 aliphatic heterocycles. The number of nitrogens with zero attached hydrogens (tertiary/aromatic N) is 2. The first-order valence-corrected chi connectivity index (χ1v) is 12.6. The first-order chi connectivity index (χ1) is 16.6. The molecule has 2 aromatic carbocycles. The zero-order valence-corrected chi connectivity index (χ0v) is 20.4. The molecule has 4 aromatic rings. The van der Waals surface area contributed by atoms with Gasteiger partial charge in [0.15, 0.2) is 0 Å². The second-order valence-corrected chi connectivity index (χ2v) is 8.92. The molecule has 4 rings (SSSR count). The van der Waals surface area contributed by atoms with Crippen LogP contribution in [0, 0.1) is 0 Å². The Hall–Kier alpha value is -3.43. The summed E-state index contributed by atoms with van der Waals surface area (Å²) < 4.78 is 10.5. The molecule has 0 unspecified atom stereocenters. The normalized spacial score (nSPS) is 10.8. The van der Waals surface area contributed by atoms with Crippen molar-refractivity contribution in [1.82, 2.24) is 9.97 Å². The minimum Gasteiger partial charge on any atom is -0.494 e. The molecule has 1 amide bonds. The molecule has 34 heavy (non-hydrogen) atoms. The van der Waals surface area contributed by atoms with E-state index in [2.05, 4.69) is 20.7 Å². The van der Waals surface area contributed by atoms with Gasteiger partial charge in [-0.1, -0.05) is 23.9 Å². The minimum absolute atomic E-state index is 0.168. The van der Waals surface area contributed by atoms with Gasteiger partial charge >= 0.3 is 5.97 Å². The Bertz CT molecular complexity index is 1290. The average molecular weight is 494 g/mol. The molecular weight excluding hydrogens is 470 g/mol. The number of rotatable bonds is 9. The Labute approximate surface area is 205 Å². The van der Waals surface area contributed by atoms with Crippen LogP contribution >= 0.6 is 23.1 Å². The summed E-state index contributed by atoms with van der Waals surface area (Å²) in [6, 6.07) is 14.5. The van der Waals surface area contributed by atoms with E-state index in [0.29, 0.717) is 24.5 Å². The van der Waals surface area contributed by atoms with Gasteiger partial charge in [0.25, 0.3) is 0 Å². The molecule has 0 spiro atoms. The van der Waals surface area contributed by atoms with E-state index in [1.807, 2.05) is 31.2 Å². The number of carbonyl (C=O) groups is 2. The van der Waals surface area contributed by atoms with Crippen molar-refractivity contribution in [2.24, 2.45) is 0 Å². The highest BCUT2D eigenvalue weighted by molar-refractivity contribution is 8.00. The second-order valence-electron chi connectivity index (χ2n) is 7.10. The number of thiophene rings is 1. The minimum atomic E-state index is -0.386. The molecule has 0 radical (unpaired) electrons. The predicted octanol–water partition coefficient (Wildman–Crippen LogP) is 5.66. The fourth-order valence-electron chi connectivity index (χ4n) is 3.30. The molecule has 9 heteroatoms. The zero-order chi connectivity index (χ0) is 23.9. The molecule has 0 atom stereocenters. The van der Waals surface area contributed by atoms with Gasteiger partial charge in [0, 0.05) is 16.6 Å². The number of anilines is 1. The molecule has 1 N–H and O–H groups in total. The molecular formula is C25H23N3O4S2. The summed E-state index contributed by atoms with van der Waals surface area (Å²) in [5.41, 5.74) is 3.12. The van der Waals surface area contributed by atoms with Gasteiger partial charge in [0.05, 0.1) is 29.9 Å². The van der Waals surface area contributed by atoms with Crippen LogP contribution < -0.4 is 10.1 Å². The van der Waals surface area contributed by atoms with Crippen LogP contribution in [-0.2, 0) is 9.53 Å². The molecule has 0 saturated heterocycles. The molecule has 2 heterocycles. The Kier molecular flexibility index (Phi) is 7.76. The standard InChI is InChI=1S/C25H23N3O4S2/c1-3-31-19-11-7-16(8-12-19)20-13-33-23-22(20)24(27-15-26-23)34-14-21(29)28-18-9-5-17(6-10-18)25(30)32-4-2/h5-13,15H,3-4,14H2,1-2H3,(H,28,29). The number of nitrogens with one attached hydrogen (secondary N) is 1. The first-order valence-electron chi connectivity index (χ1n) is 10.7. The van der Waals surface area contributed by atoms with Crippen LogP contribution in [0.5, 0.6) is 5.75 Å². The quantitative estimate of drug-likeness (QED) is 0.183. The average Bonchev–Trinajstić information content (AvgIpc) is 3.29. The predicted molar refractivity (Wildman–Crippen MR) is 136 cm³/mol. The molecule has 2 aromatic heterocycles. The third kappa shape index (κ3) is 5.55. The van der Waals surface area contributed by atoms with Gasteiger partial charge in [-0.2, -0.15) is 0 Å². The summed E-state index contributed by atoms with van der Waals surface area (Å²) >= 11 is 2.91. The van der Waals surface area contributed by atoms with E-state index in [9.17, 15) is 9.59 Å². The number of aromatic nitrogens is 2. The third-order valence-electron chi connectivity index (χ3n) is 4.83. The largest absolute Gasteiger partial charge is 0.494 e. The molecule has 174 valence electrons. The number of benzene rings is 2. The zero-order valence-electron chi connectivity index (χ0n) is 18.7. The van der Waals surface area contributed by atoms with E-state index in [-0.39, 0.29) is 17.6 Å². The van der Waals surface area contributed by atoms with E-state index in [1.54, 1.807) is 42.5 Å². The van der Waals surface area contributed by atoms with Crippen molar-refractivity contribution < 1.29 is 19.1 Å². The SMILES string of the molecule is CCOC(=O)c1ccc(NC(=O)CSc2ncnc3scc(-c4ccc(OCC)cc4)c23)cc1. The van der Waals surface area contributed by atoms with Crippen LogP contribution in [0.1, 0.15) is 24.2 Å². The molecule has 0 saturated carbocycles. The van der Waals surface area contributed by atoms with Crippen LogP contribution in [0.25, 0.3) is 21.3 Å². The maximum absolute atomic E-state index is 12.6. The molecule has 0 aliphatic rings. The van der Waals surface area contributed by atoms with Gasteiger partial charge in [-0.3, -0.25) is 4.79 Å². The number of hydrogen-bond donors (Lipinski definition) is 1. The van der Waals surface area contributed by atoms with Gasteiger partial charge < -0.3 is 14.8 Å². The fourth-order valence-corrected chi connectivity index (χ4v) is 5.10. The summed E-state index contributed by atoms with van der Waals surface area (Å²) in [4.78, 5) is 34.0. The van der Waals surface area contributed by atoms with Crippen molar-refractivity contribution in [1.29, 1.82) is 0 Å². The van der Waals surface area contributed by atoms with Crippen molar-refractivity contribution in [3.63, 3.8) is 0 Å². The molecule has 0 fully saturated rings. The lowest BCUT2D eigenvalue weighted by Crippen LogP contribution is -2.14. The van der Waals surface area contributed by atoms with E-state index in [0.717, 1.165) is 32.1 Å². The highest BCUT2D eigenvalue weighted by Gasteiger charge is 2.15. The van der Waals surface area contributed by atoms with Crippen LogP contribution in [-0.4, -0.2) is 40.8 Å². The molecule has 0 bridgehead atoms. The maximum Gasteiger partial charge on any atom is 0.338 e. The summed E-state index contributed by atoms with van der Waals surface area (Å²) in [5.74, 6) is 0.453. The highest BCUT2D eigenvalue weighted by atomic mass is 32.2. The van der Waals surface area contributed by atoms with Crippen LogP contribution in [0.3, 0.4) is 0 Å². The van der Waals surface area contributed by atoms with Gasteiger partial charge in [-0.25, -0.2) is 14.8 Å². The number of thioether (sulfide) groups is 1. The van der Waals surface area contributed by atoms with Gasteiger partial charge in [0.1, 0.15) is 21.9 Å². The van der Waals surface area contributed by atoms with Crippen molar-refractivity contribution in [3.8, 4) is 16.9 Å². The number of fused-ring (bicyclic) bond motifs is 1. The van der Waals surface area contributed by atoms with Crippen LogP contribution in [0.2, 0.25) is 0 Å². The lowest BCUT2D eigenvalue weighted by atomic mass is 10.1. The molecule has 0 aliphatic carbocycles. The second kappa shape index (κ2) is 11.1. The Morgan fingerprint density at radius 1 is 1.00 bits per heavy atom. The smallest absolute Gasteiger partial charge is 0.338 e. The number of hydrogen-bond acceptors (Lipinski definition) is 8. The molecule has 7 nitrogen and oxygen atoms in total. The van der Waals surface area contributed by atoms with E-state index < -0.39 is 0 Å². The summed E-state index contributed by atoms with van der Waals surface area (Å²) in [5, 5.41) is 6.60. The van der Waals surface area contributed by atoms with E-state index >= 15 is 0 Å². The van der Waals surface area contributed by atoms with Crippen molar-refractivity contribution >= 4 is 50.9 Å². The lowest BCUT2D eigenvalue weighted by Gasteiger charge is -2.08. The van der Waals surface area contributed by atoms with Crippen LogP contribution in [0.4, 0.5) is 5.69 Å². The van der Waals surface area contributed by atoms with Gasteiger partial charge in [-0.15, -0.1) is 11.3 Å². The summed E-state index contributed by atoms with van der Waals surface area (Å²) in [7, 11) is 0. The Morgan fingerprint density at radius 2 is 1.76 bits per heavy atom. The third-order valence-corrected chi connectivity index (χ3v) is 6.71. The summed E-state index contributed by atoms with van der Waals surface area (Å²) in [6.07, 6.45) is 1.52. The number of ether oxygens (including phenoxy) is 2. The fraction of sp³-hybridized carbons (Fsp3) is 0.200. The topological polar surface area (TPSA) is 90.4 Å². The maximum atomic E-state index is 12.6.